The molecule has 1 aromatic carbocycles. The van der Waals surface area contributed by atoms with Gasteiger partial charge in [0.1, 0.15) is 0 Å². The number of carboxylic acid groups (broad SMARTS) is 1. The third kappa shape index (κ3) is 3.28. The van der Waals surface area contributed by atoms with Crippen molar-refractivity contribution in [1.82, 2.24) is 4.31 Å². The van der Waals surface area contributed by atoms with Crippen LogP contribution in [0.5, 0.6) is 0 Å². The molecule has 0 saturated carbocycles. The van der Waals surface area contributed by atoms with E-state index in [-0.39, 0.29) is 23.5 Å². The molecule has 0 aliphatic carbocycles. The molecule has 0 radical (unpaired) electrons. The molecule has 1 aliphatic heterocycles. The third-order valence-electron chi connectivity index (χ3n) is 3.61. The van der Waals surface area contributed by atoms with E-state index in [4.69, 9.17) is 5.11 Å². The van der Waals surface area contributed by atoms with Crippen LogP contribution in [-0.4, -0.2) is 48.1 Å². The Balaban J connectivity index is 2.43. The fraction of sp³-hybridized carbons (Fsp3) is 0.462. The van der Waals surface area contributed by atoms with Gasteiger partial charge in [-0.15, -0.1) is 0 Å². The van der Waals surface area contributed by atoms with Gasteiger partial charge in [0.05, 0.1) is 16.6 Å². The van der Waals surface area contributed by atoms with Crippen LogP contribution in [0.15, 0.2) is 21.5 Å². The van der Waals surface area contributed by atoms with Gasteiger partial charge in [-0.3, -0.25) is 0 Å². The maximum Gasteiger partial charge on any atom is 0.336 e. The first-order chi connectivity index (χ1) is 9.73. The molecule has 21 heavy (non-hydrogen) atoms. The molecule has 8 heteroatoms. The Morgan fingerprint density at radius 3 is 2.43 bits per heavy atom. The molecular weight excluding hydrogens is 362 g/mol. The third-order valence-corrected chi connectivity index (χ3v) is 6.31. The summed E-state index contributed by atoms with van der Waals surface area (Å²) in [5.41, 5.74) is 0.440. The zero-order valence-corrected chi connectivity index (χ0v) is 13.8. The average Bonchev–Trinajstić information content (AvgIpc) is 2.41. The van der Waals surface area contributed by atoms with E-state index in [9.17, 15) is 18.3 Å². The van der Waals surface area contributed by atoms with Crippen LogP contribution in [0.1, 0.15) is 28.8 Å². The zero-order chi connectivity index (χ0) is 15.8. The molecule has 1 aliphatic rings. The molecule has 1 aromatic rings. The summed E-state index contributed by atoms with van der Waals surface area (Å²) in [6, 6.07) is 2.60. The van der Waals surface area contributed by atoms with Crippen LogP contribution >= 0.6 is 15.9 Å². The molecule has 0 spiro atoms. The second kappa shape index (κ2) is 6.04. The molecule has 0 amide bonds. The van der Waals surface area contributed by atoms with Crippen molar-refractivity contribution in [3.63, 3.8) is 0 Å². The van der Waals surface area contributed by atoms with E-state index < -0.39 is 22.1 Å². The highest BCUT2D eigenvalue weighted by molar-refractivity contribution is 9.10. The Morgan fingerprint density at radius 2 is 1.90 bits per heavy atom. The summed E-state index contributed by atoms with van der Waals surface area (Å²) in [5, 5.41) is 18.6. The summed E-state index contributed by atoms with van der Waals surface area (Å²) < 4.78 is 26.8. The van der Waals surface area contributed by atoms with Crippen molar-refractivity contribution >= 4 is 31.9 Å². The van der Waals surface area contributed by atoms with E-state index in [0.29, 0.717) is 22.9 Å². The number of hydrogen-bond donors (Lipinski definition) is 2. The van der Waals surface area contributed by atoms with E-state index in [1.54, 1.807) is 6.92 Å². The smallest absolute Gasteiger partial charge is 0.336 e. The van der Waals surface area contributed by atoms with Gasteiger partial charge >= 0.3 is 5.97 Å². The van der Waals surface area contributed by atoms with Crippen LogP contribution in [0.2, 0.25) is 0 Å². The molecule has 1 fully saturated rings. The predicted molar refractivity (Wildman–Crippen MR) is 79.8 cm³/mol. The van der Waals surface area contributed by atoms with E-state index in [1.807, 2.05) is 0 Å². The largest absolute Gasteiger partial charge is 0.478 e. The number of carbonyl (C=O) groups is 1. The van der Waals surface area contributed by atoms with Crippen LogP contribution in [0.3, 0.4) is 0 Å². The number of sulfonamides is 1. The molecule has 0 aromatic heterocycles. The van der Waals surface area contributed by atoms with Crippen LogP contribution < -0.4 is 0 Å². The predicted octanol–water partition coefficient (Wildman–Crippen LogP) is 1.60. The number of aliphatic hydroxyl groups is 1. The molecule has 1 saturated heterocycles. The first-order valence-corrected chi connectivity index (χ1v) is 8.68. The summed E-state index contributed by atoms with van der Waals surface area (Å²) in [6.45, 7) is 2.08. The molecule has 116 valence electrons. The van der Waals surface area contributed by atoms with Gasteiger partial charge in [0, 0.05) is 17.6 Å². The van der Waals surface area contributed by atoms with Crippen LogP contribution in [0.4, 0.5) is 0 Å². The minimum absolute atomic E-state index is 0.0417. The van der Waals surface area contributed by atoms with Crippen molar-refractivity contribution in [2.75, 3.05) is 13.1 Å². The molecule has 0 bridgehead atoms. The number of rotatable bonds is 3. The molecule has 2 N–H and O–H groups in total. The second-order valence-corrected chi connectivity index (χ2v) is 7.81. The topological polar surface area (TPSA) is 94.9 Å². The minimum Gasteiger partial charge on any atom is -0.478 e. The van der Waals surface area contributed by atoms with Gasteiger partial charge in [-0.1, -0.05) is 15.9 Å². The van der Waals surface area contributed by atoms with Crippen molar-refractivity contribution in [3.05, 3.63) is 27.7 Å². The van der Waals surface area contributed by atoms with Gasteiger partial charge in [0.15, 0.2) is 0 Å². The Kier molecular flexibility index (Phi) is 4.72. The number of benzene rings is 1. The van der Waals surface area contributed by atoms with Crippen molar-refractivity contribution in [2.45, 2.75) is 30.8 Å². The van der Waals surface area contributed by atoms with Crippen LogP contribution in [0, 0.1) is 6.92 Å². The number of carboxylic acids is 1. The van der Waals surface area contributed by atoms with E-state index >= 15 is 0 Å². The number of hydrogen-bond acceptors (Lipinski definition) is 4. The fourth-order valence-corrected chi connectivity index (χ4v) is 4.39. The maximum absolute atomic E-state index is 12.6. The van der Waals surface area contributed by atoms with Gasteiger partial charge in [-0.2, -0.15) is 4.31 Å². The first kappa shape index (κ1) is 16.4. The van der Waals surface area contributed by atoms with Gasteiger partial charge in [0.25, 0.3) is 0 Å². The normalized spacial score (nSPS) is 17.9. The SMILES string of the molecule is Cc1c(Br)cc(S(=O)(=O)N2CCC(O)CC2)cc1C(=O)O. The van der Waals surface area contributed by atoms with E-state index in [2.05, 4.69) is 15.9 Å². The summed E-state index contributed by atoms with van der Waals surface area (Å²) >= 11 is 3.20. The quantitative estimate of drug-likeness (QED) is 0.833. The number of aliphatic hydroxyl groups excluding tert-OH is 1. The van der Waals surface area contributed by atoms with Crippen LogP contribution in [-0.2, 0) is 10.0 Å². The summed E-state index contributed by atoms with van der Waals surface area (Å²) in [7, 11) is -3.75. The average molecular weight is 378 g/mol. The fourth-order valence-electron chi connectivity index (χ4n) is 2.26. The Labute approximate surface area is 131 Å². The molecule has 2 rings (SSSR count). The summed E-state index contributed by atoms with van der Waals surface area (Å²) in [5.74, 6) is -1.17. The monoisotopic (exact) mass is 377 g/mol. The van der Waals surface area contributed by atoms with Crippen molar-refractivity contribution in [3.8, 4) is 0 Å². The molecule has 1 heterocycles. The highest BCUT2D eigenvalue weighted by atomic mass is 79.9. The van der Waals surface area contributed by atoms with E-state index in [1.165, 1.54) is 16.4 Å². The maximum atomic E-state index is 12.6. The number of aromatic carboxylic acids is 1. The second-order valence-electron chi connectivity index (χ2n) is 5.02. The lowest BCUT2D eigenvalue weighted by Crippen LogP contribution is -2.40. The van der Waals surface area contributed by atoms with Gasteiger partial charge < -0.3 is 10.2 Å². The van der Waals surface area contributed by atoms with Crippen molar-refractivity contribution < 1.29 is 23.4 Å². The Bertz CT molecular complexity index is 665. The van der Waals surface area contributed by atoms with Crippen LogP contribution in [0.25, 0.3) is 0 Å². The first-order valence-electron chi connectivity index (χ1n) is 6.45. The Hall–Kier alpha value is -0.960. The lowest BCUT2D eigenvalue weighted by Gasteiger charge is -2.29. The zero-order valence-electron chi connectivity index (χ0n) is 11.4. The molecule has 0 atom stereocenters. The van der Waals surface area contributed by atoms with Gasteiger partial charge in [-0.25, -0.2) is 13.2 Å². The van der Waals surface area contributed by atoms with E-state index in [0.717, 1.165) is 0 Å². The van der Waals surface area contributed by atoms with Crippen molar-refractivity contribution in [2.24, 2.45) is 0 Å². The molecular formula is C13H16BrNO5S. The number of nitrogens with zero attached hydrogens (tertiary/aromatic N) is 1. The highest BCUT2D eigenvalue weighted by Crippen LogP contribution is 2.28. The number of halogens is 1. The molecule has 6 nitrogen and oxygen atoms in total. The lowest BCUT2D eigenvalue weighted by molar-refractivity contribution is 0.0695. The lowest BCUT2D eigenvalue weighted by atomic mass is 10.1. The van der Waals surface area contributed by atoms with Gasteiger partial charge in [0.2, 0.25) is 10.0 Å². The summed E-state index contributed by atoms with van der Waals surface area (Å²) in [6.07, 6.45) is 0.298. The minimum atomic E-state index is -3.75. The highest BCUT2D eigenvalue weighted by Gasteiger charge is 2.30. The van der Waals surface area contributed by atoms with Gasteiger partial charge in [-0.05, 0) is 37.5 Å². The standard InChI is InChI=1S/C13H16BrNO5S/c1-8-11(13(17)18)6-10(7-12(8)14)21(19,20)15-4-2-9(16)3-5-15/h6-7,9,16H,2-5H2,1H3,(H,17,18). The summed E-state index contributed by atoms with van der Waals surface area (Å²) in [4.78, 5) is 11.2. The molecule has 0 unspecified atom stereocenters. The number of piperidine rings is 1. The Morgan fingerprint density at radius 1 is 1.33 bits per heavy atom. The van der Waals surface area contributed by atoms with Crippen molar-refractivity contribution in [1.29, 1.82) is 0 Å².